The van der Waals surface area contributed by atoms with E-state index in [1.54, 1.807) is 25.1 Å². The van der Waals surface area contributed by atoms with Crippen molar-refractivity contribution in [3.63, 3.8) is 0 Å². The van der Waals surface area contributed by atoms with Gasteiger partial charge in [-0.15, -0.1) is 0 Å². The van der Waals surface area contributed by atoms with Crippen LogP contribution in [0.15, 0.2) is 24.3 Å². The molecule has 0 spiro atoms. The molecule has 0 aromatic heterocycles. The van der Waals surface area contributed by atoms with Crippen LogP contribution in [0.25, 0.3) is 0 Å². The van der Waals surface area contributed by atoms with E-state index < -0.39 is 12.1 Å². The summed E-state index contributed by atoms with van der Waals surface area (Å²) in [7, 11) is 1.41. The minimum absolute atomic E-state index is 0.0896. The number of nitrogens with two attached hydrogens (primary N) is 1. The SMILES string of the molecule is COC(CN)C(=O)N[C@H](C)c1ccccc1F. The van der Waals surface area contributed by atoms with Crippen molar-refractivity contribution >= 4 is 5.91 Å². The first-order valence-electron chi connectivity index (χ1n) is 5.37. The molecule has 0 saturated carbocycles. The zero-order chi connectivity index (χ0) is 12.8. The highest BCUT2D eigenvalue weighted by molar-refractivity contribution is 5.81. The molecule has 1 rings (SSSR count). The second-order valence-electron chi connectivity index (χ2n) is 3.71. The van der Waals surface area contributed by atoms with Gasteiger partial charge in [0.05, 0.1) is 6.04 Å². The van der Waals surface area contributed by atoms with Crippen molar-refractivity contribution in [1.29, 1.82) is 0 Å². The minimum atomic E-state index is -0.704. The lowest BCUT2D eigenvalue weighted by Crippen LogP contribution is -2.41. The maximum absolute atomic E-state index is 13.4. The molecule has 0 radical (unpaired) electrons. The second-order valence-corrected chi connectivity index (χ2v) is 3.71. The Kier molecular flexibility index (Phi) is 5.06. The fraction of sp³-hybridized carbons (Fsp3) is 0.417. The first kappa shape index (κ1) is 13.6. The van der Waals surface area contributed by atoms with Gasteiger partial charge in [0.15, 0.2) is 0 Å². The summed E-state index contributed by atoms with van der Waals surface area (Å²) in [5.74, 6) is -0.687. The quantitative estimate of drug-likeness (QED) is 0.806. The van der Waals surface area contributed by atoms with Gasteiger partial charge in [-0.2, -0.15) is 0 Å². The summed E-state index contributed by atoms with van der Waals surface area (Å²) < 4.78 is 18.3. The third-order valence-electron chi connectivity index (χ3n) is 2.52. The summed E-state index contributed by atoms with van der Waals surface area (Å²) in [5, 5.41) is 2.66. The molecule has 0 heterocycles. The van der Waals surface area contributed by atoms with Crippen LogP contribution in [0.4, 0.5) is 4.39 Å². The summed E-state index contributed by atoms with van der Waals surface area (Å²) in [6, 6.07) is 5.88. The molecule has 17 heavy (non-hydrogen) atoms. The van der Waals surface area contributed by atoms with Gasteiger partial charge in [-0.3, -0.25) is 4.79 Å². The van der Waals surface area contributed by atoms with E-state index in [4.69, 9.17) is 10.5 Å². The molecule has 1 aromatic rings. The summed E-state index contributed by atoms with van der Waals surface area (Å²) >= 11 is 0. The number of methoxy groups -OCH3 is 1. The van der Waals surface area contributed by atoms with Crippen LogP contribution in [0.3, 0.4) is 0 Å². The number of amides is 1. The molecule has 1 unspecified atom stereocenters. The molecule has 0 saturated heterocycles. The predicted octanol–water partition coefficient (Wildman–Crippen LogP) is 0.977. The summed E-state index contributed by atoms with van der Waals surface area (Å²) in [6.07, 6.45) is -0.704. The zero-order valence-corrected chi connectivity index (χ0v) is 9.94. The maximum atomic E-state index is 13.4. The third-order valence-corrected chi connectivity index (χ3v) is 2.52. The molecular weight excluding hydrogens is 223 g/mol. The standard InChI is InChI=1S/C12H17FN2O2/c1-8(9-5-3-4-6-10(9)13)15-12(16)11(7-14)17-2/h3-6,8,11H,7,14H2,1-2H3,(H,15,16)/t8-,11?/m1/s1. The minimum Gasteiger partial charge on any atom is -0.370 e. The van der Waals surface area contributed by atoms with Gasteiger partial charge in [-0.05, 0) is 13.0 Å². The average molecular weight is 240 g/mol. The van der Waals surface area contributed by atoms with Crippen molar-refractivity contribution in [2.75, 3.05) is 13.7 Å². The van der Waals surface area contributed by atoms with E-state index in [2.05, 4.69) is 5.32 Å². The van der Waals surface area contributed by atoms with Crippen molar-refractivity contribution in [3.05, 3.63) is 35.6 Å². The molecule has 0 aliphatic heterocycles. The van der Waals surface area contributed by atoms with Crippen molar-refractivity contribution < 1.29 is 13.9 Å². The van der Waals surface area contributed by atoms with Gasteiger partial charge in [0.2, 0.25) is 0 Å². The highest BCUT2D eigenvalue weighted by Crippen LogP contribution is 2.16. The molecule has 1 amide bonds. The third kappa shape index (κ3) is 3.51. The number of rotatable bonds is 5. The van der Waals surface area contributed by atoms with Crippen LogP contribution in [0, 0.1) is 5.82 Å². The molecule has 0 bridgehead atoms. The molecule has 0 aliphatic carbocycles. The Morgan fingerprint density at radius 2 is 2.18 bits per heavy atom. The molecule has 4 nitrogen and oxygen atoms in total. The normalized spacial score (nSPS) is 14.1. The Balaban J connectivity index is 2.70. The second kappa shape index (κ2) is 6.32. The molecule has 5 heteroatoms. The Labute approximate surface area is 100.0 Å². The van der Waals surface area contributed by atoms with E-state index in [1.807, 2.05) is 0 Å². The van der Waals surface area contributed by atoms with Gasteiger partial charge in [-0.25, -0.2) is 4.39 Å². The lowest BCUT2D eigenvalue weighted by molar-refractivity contribution is -0.131. The van der Waals surface area contributed by atoms with Gasteiger partial charge in [-0.1, -0.05) is 18.2 Å². The van der Waals surface area contributed by atoms with E-state index in [-0.39, 0.29) is 18.3 Å². The van der Waals surface area contributed by atoms with Crippen LogP contribution in [-0.4, -0.2) is 25.7 Å². The van der Waals surface area contributed by atoms with Gasteiger partial charge in [0, 0.05) is 19.2 Å². The number of halogens is 1. The van der Waals surface area contributed by atoms with Crippen LogP contribution in [0.1, 0.15) is 18.5 Å². The van der Waals surface area contributed by atoms with Crippen molar-refractivity contribution in [2.24, 2.45) is 5.73 Å². The average Bonchev–Trinajstić information content (AvgIpc) is 2.31. The summed E-state index contributed by atoms with van der Waals surface area (Å²) in [6.45, 7) is 1.80. The number of nitrogens with one attached hydrogen (secondary N) is 1. The molecule has 1 aromatic carbocycles. The van der Waals surface area contributed by atoms with Crippen LogP contribution in [-0.2, 0) is 9.53 Å². The number of hydrogen-bond donors (Lipinski definition) is 2. The number of benzene rings is 1. The largest absolute Gasteiger partial charge is 0.370 e. The molecule has 3 N–H and O–H groups in total. The van der Waals surface area contributed by atoms with Crippen molar-refractivity contribution in [3.8, 4) is 0 Å². The van der Waals surface area contributed by atoms with Crippen molar-refractivity contribution in [2.45, 2.75) is 19.1 Å². The Morgan fingerprint density at radius 1 is 1.53 bits per heavy atom. The monoisotopic (exact) mass is 240 g/mol. The number of ether oxygens (including phenoxy) is 1. The zero-order valence-electron chi connectivity index (χ0n) is 9.94. The van der Waals surface area contributed by atoms with Gasteiger partial charge in [0.25, 0.3) is 5.91 Å². The van der Waals surface area contributed by atoms with Crippen molar-refractivity contribution in [1.82, 2.24) is 5.32 Å². The fourth-order valence-electron chi connectivity index (χ4n) is 1.52. The number of carbonyl (C=O) groups excluding carboxylic acids is 1. The highest BCUT2D eigenvalue weighted by Gasteiger charge is 2.19. The van der Waals surface area contributed by atoms with Crippen LogP contribution in [0.2, 0.25) is 0 Å². The maximum Gasteiger partial charge on any atom is 0.250 e. The number of hydrogen-bond acceptors (Lipinski definition) is 3. The Hall–Kier alpha value is -1.46. The predicted molar refractivity (Wildman–Crippen MR) is 62.8 cm³/mol. The van der Waals surface area contributed by atoms with E-state index in [9.17, 15) is 9.18 Å². The molecule has 94 valence electrons. The summed E-state index contributed by atoms with van der Waals surface area (Å²) in [4.78, 5) is 11.7. The lowest BCUT2D eigenvalue weighted by Gasteiger charge is -2.18. The van der Waals surface area contributed by atoms with Crippen LogP contribution in [0.5, 0.6) is 0 Å². The molecule has 0 fully saturated rings. The highest BCUT2D eigenvalue weighted by atomic mass is 19.1. The van der Waals surface area contributed by atoms with Gasteiger partial charge < -0.3 is 15.8 Å². The Morgan fingerprint density at radius 3 is 2.71 bits per heavy atom. The first-order chi connectivity index (χ1) is 8.10. The van der Waals surface area contributed by atoms with E-state index in [0.717, 1.165) is 0 Å². The van der Waals surface area contributed by atoms with Crippen LogP contribution < -0.4 is 11.1 Å². The van der Waals surface area contributed by atoms with Gasteiger partial charge in [0.1, 0.15) is 11.9 Å². The topological polar surface area (TPSA) is 64.3 Å². The van der Waals surface area contributed by atoms with Gasteiger partial charge >= 0.3 is 0 Å². The molecular formula is C12H17FN2O2. The van der Waals surface area contributed by atoms with E-state index in [1.165, 1.54) is 13.2 Å². The van der Waals surface area contributed by atoms with Crippen LogP contribution >= 0.6 is 0 Å². The number of carbonyl (C=O) groups is 1. The Bertz CT molecular complexity index is 381. The fourth-order valence-corrected chi connectivity index (χ4v) is 1.52. The lowest BCUT2D eigenvalue weighted by atomic mass is 10.1. The molecule has 2 atom stereocenters. The van der Waals surface area contributed by atoms with E-state index >= 15 is 0 Å². The summed E-state index contributed by atoms with van der Waals surface area (Å²) in [5.41, 5.74) is 5.81. The first-order valence-corrected chi connectivity index (χ1v) is 5.37. The van der Waals surface area contributed by atoms with E-state index in [0.29, 0.717) is 5.56 Å². The molecule has 0 aliphatic rings. The smallest absolute Gasteiger partial charge is 0.250 e.